The highest BCUT2D eigenvalue weighted by Crippen LogP contribution is 2.34. The number of imide groups is 1. The number of carboxylic acid groups (broad SMARTS) is 1. The van der Waals surface area contributed by atoms with Crippen LogP contribution in [0.1, 0.15) is 26.2 Å². The zero-order valence-corrected chi connectivity index (χ0v) is 11.7. The summed E-state index contributed by atoms with van der Waals surface area (Å²) in [5, 5.41) is 10.1. The van der Waals surface area contributed by atoms with Gasteiger partial charge in [0.15, 0.2) is 0 Å². The minimum absolute atomic E-state index is 0.234. The van der Waals surface area contributed by atoms with E-state index in [1.807, 2.05) is 0 Å². The first-order chi connectivity index (χ1) is 9.25. The van der Waals surface area contributed by atoms with Crippen molar-refractivity contribution in [1.82, 2.24) is 9.62 Å². The van der Waals surface area contributed by atoms with Crippen molar-refractivity contribution >= 4 is 27.8 Å². The third kappa shape index (κ3) is 2.42. The molecule has 112 valence electrons. The normalized spacial score (nSPS) is 32.1. The van der Waals surface area contributed by atoms with E-state index >= 15 is 0 Å². The van der Waals surface area contributed by atoms with Crippen LogP contribution in [-0.2, 0) is 24.4 Å². The van der Waals surface area contributed by atoms with Crippen LogP contribution in [0.4, 0.5) is 0 Å². The summed E-state index contributed by atoms with van der Waals surface area (Å²) in [6.07, 6.45) is 1.03. The number of amides is 2. The van der Waals surface area contributed by atoms with E-state index in [9.17, 15) is 22.8 Å². The van der Waals surface area contributed by atoms with Crippen molar-refractivity contribution in [3.8, 4) is 0 Å². The zero-order valence-electron chi connectivity index (χ0n) is 10.9. The molecule has 0 spiro atoms. The lowest BCUT2D eigenvalue weighted by atomic mass is 10.1. The monoisotopic (exact) mass is 304 g/mol. The number of nitrogens with zero attached hydrogens (tertiary/aromatic N) is 1. The second-order valence-electron chi connectivity index (χ2n) is 5.09. The minimum atomic E-state index is -4.00. The van der Waals surface area contributed by atoms with E-state index < -0.39 is 51.6 Å². The molecule has 2 aliphatic rings. The highest BCUT2D eigenvalue weighted by Gasteiger charge is 2.48. The maximum Gasteiger partial charge on any atom is 0.307 e. The molecule has 1 saturated heterocycles. The number of piperazine rings is 1. The molecule has 3 atom stereocenters. The predicted octanol–water partition coefficient (Wildman–Crippen LogP) is -1.08. The lowest BCUT2D eigenvalue weighted by Gasteiger charge is -2.33. The van der Waals surface area contributed by atoms with Crippen molar-refractivity contribution in [2.75, 3.05) is 6.54 Å². The van der Waals surface area contributed by atoms with E-state index in [0.717, 1.165) is 4.31 Å². The van der Waals surface area contributed by atoms with Gasteiger partial charge in [-0.25, -0.2) is 8.42 Å². The van der Waals surface area contributed by atoms with Crippen molar-refractivity contribution in [2.24, 2.45) is 5.92 Å². The molecule has 2 rings (SSSR count). The summed E-state index contributed by atoms with van der Waals surface area (Å²) in [5.74, 6) is -3.51. The van der Waals surface area contributed by atoms with Crippen LogP contribution in [-0.4, -0.2) is 53.4 Å². The van der Waals surface area contributed by atoms with Gasteiger partial charge < -0.3 is 5.11 Å². The summed E-state index contributed by atoms with van der Waals surface area (Å²) in [5.41, 5.74) is 0. The molecule has 20 heavy (non-hydrogen) atoms. The number of nitrogens with one attached hydrogen (secondary N) is 1. The Labute approximate surface area is 116 Å². The Kier molecular flexibility index (Phi) is 3.83. The molecule has 2 fully saturated rings. The molecule has 9 heteroatoms. The van der Waals surface area contributed by atoms with Gasteiger partial charge in [-0.3, -0.25) is 19.7 Å². The third-order valence-corrected chi connectivity index (χ3v) is 6.28. The van der Waals surface area contributed by atoms with Gasteiger partial charge in [0.1, 0.15) is 6.04 Å². The Morgan fingerprint density at radius 1 is 1.35 bits per heavy atom. The van der Waals surface area contributed by atoms with Crippen molar-refractivity contribution < 1.29 is 27.9 Å². The molecule has 2 N–H and O–H groups in total. The van der Waals surface area contributed by atoms with Crippen molar-refractivity contribution in [3.05, 3.63) is 0 Å². The second kappa shape index (κ2) is 5.13. The van der Waals surface area contributed by atoms with Gasteiger partial charge in [-0.05, 0) is 19.8 Å². The zero-order chi connectivity index (χ0) is 15.1. The summed E-state index contributed by atoms with van der Waals surface area (Å²) in [6, 6.07) is -1.01. The average Bonchev–Trinajstić information content (AvgIpc) is 2.83. The highest BCUT2D eigenvalue weighted by molar-refractivity contribution is 7.89. The first-order valence-electron chi connectivity index (χ1n) is 6.32. The minimum Gasteiger partial charge on any atom is -0.481 e. The lowest BCUT2D eigenvalue weighted by Crippen LogP contribution is -2.60. The Bertz CT molecular complexity index is 557. The summed E-state index contributed by atoms with van der Waals surface area (Å²) in [4.78, 5) is 34.0. The standard InChI is InChI=1S/C11H16N2O6S/c1-6-10(15)12-9(14)5-13(6)20(18,19)8-4-2-3-7(8)11(16)17/h6-8H,2-5H2,1H3,(H,16,17)(H,12,14,15). The first kappa shape index (κ1) is 14.9. The van der Waals surface area contributed by atoms with E-state index in [4.69, 9.17) is 5.11 Å². The van der Waals surface area contributed by atoms with Gasteiger partial charge in [0, 0.05) is 0 Å². The number of aliphatic carboxylic acids is 1. The molecule has 2 amide bonds. The molecule has 1 aliphatic carbocycles. The largest absolute Gasteiger partial charge is 0.481 e. The quantitative estimate of drug-likeness (QED) is 0.640. The molecule has 1 heterocycles. The van der Waals surface area contributed by atoms with Crippen LogP contribution in [0.2, 0.25) is 0 Å². The molecule has 0 radical (unpaired) electrons. The number of carbonyl (C=O) groups excluding carboxylic acids is 2. The SMILES string of the molecule is CC1C(=O)NC(=O)CN1S(=O)(=O)C1CCCC1C(=O)O. The Hall–Kier alpha value is -1.48. The molecule has 0 aromatic carbocycles. The van der Waals surface area contributed by atoms with E-state index in [-0.39, 0.29) is 6.42 Å². The van der Waals surface area contributed by atoms with Crippen molar-refractivity contribution in [3.63, 3.8) is 0 Å². The van der Waals surface area contributed by atoms with E-state index in [1.54, 1.807) is 0 Å². The number of rotatable bonds is 3. The number of carbonyl (C=O) groups is 3. The second-order valence-corrected chi connectivity index (χ2v) is 7.20. The summed E-state index contributed by atoms with van der Waals surface area (Å²) in [7, 11) is -4.00. The smallest absolute Gasteiger partial charge is 0.307 e. The number of sulfonamides is 1. The van der Waals surface area contributed by atoms with Gasteiger partial charge in [0.2, 0.25) is 21.8 Å². The molecule has 0 aromatic rings. The van der Waals surface area contributed by atoms with Gasteiger partial charge in [-0.15, -0.1) is 0 Å². The molecule has 0 bridgehead atoms. The maximum absolute atomic E-state index is 12.5. The van der Waals surface area contributed by atoms with Crippen LogP contribution < -0.4 is 5.32 Å². The van der Waals surface area contributed by atoms with Crippen LogP contribution in [0.3, 0.4) is 0 Å². The Balaban J connectivity index is 2.31. The van der Waals surface area contributed by atoms with Crippen LogP contribution in [0.25, 0.3) is 0 Å². The molecule has 8 nitrogen and oxygen atoms in total. The van der Waals surface area contributed by atoms with Gasteiger partial charge >= 0.3 is 5.97 Å². The summed E-state index contributed by atoms with van der Waals surface area (Å²) >= 11 is 0. The van der Waals surface area contributed by atoms with Gasteiger partial charge in [-0.1, -0.05) is 6.42 Å². The Morgan fingerprint density at radius 2 is 2.00 bits per heavy atom. The maximum atomic E-state index is 12.5. The Morgan fingerprint density at radius 3 is 2.60 bits per heavy atom. The average molecular weight is 304 g/mol. The lowest BCUT2D eigenvalue weighted by molar-refractivity contribution is -0.141. The molecule has 1 saturated carbocycles. The van der Waals surface area contributed by atoms with Crippen molar-refractivity contribution in [2.45, 2.75) is 37.5 Å². The van der Waals surface area contributed by atoms with Crippen LogP contribution in [0.15, 0.2) is 0 Å². The van der Waals surface area contributed by atoms with E-state index in [1.165, 1.54) is 6.92 Å². The number of hydrogen-bond acceptors (Lipinski definition) is 5. The van der Waals surface area contributed by atoms with E-state index in [0.29, 0.717) is 12.8 Å². The third-order valence-electron chi connectivity index (χ3n) is 3.85. The van der Waals surface area contributed by atoms with Gasteiger partial charge in [0.05, 0.1) is 17.7 Å². The van der Waals surface area contributed by atoms with Crippen LogP contribution >= 0.6 is 0 Å². The van der Waals surface area contributed by atoms with Crippen molar-refractivity contribution in [1.29, 1.82) is 0 Å². The van der Waals surface area contributed by atoms with Crippen LogP contribution in [0, 0.1) is 5.92 Å². The fraction of sp³-hybridized carbons (Fsp3) is 0.727. The van der Waals surface area contributed by atoms with Gasteiger partial charge in [-0.2, -0.15) is 4.31 Å². The predicted molar refractivity (Wildman–Crippen MR) is 67.0 cm³/mol. The fourth-order valence-corrected chi connectivity index (χ4v) is 5.05. The summed E-state index contributed by atoms with van der Waals surface area (Å²) in [6.45, 7) is 0.933. The fourth-order valence-electron chi connectivity index (χ4n) is 2.74. The first-order valence-corrected chi connectivity index (χ1v) is 7.82. The number of hydrogen-bond donors (Lipinski definition) is 2. The molecular weight excluding hydrogens is 288 g/mol. The molecule has 1 aliphatic heterocycles. The molecule has 0 aromatic heterocycles. The highest BCUT2D eigenvalue weighted by atomic mass is 32.2. The van der Waals surface area contributed by atoms with E-state index in [2.05, 4.69) is 5.32 Å². The van der Waals surface area contributed by atoms with Gasteiger partial charge in [0.25, 0.3) is 0 Å². The molecule has 3 unspecified atom stereocenters. The van der Waals surface area contributed by atoms with Crippen LogP contribution in [0.5, 0.6) is 0 Å². The summed E-state index contributed by atoms with van der Waals surface area (Å²) < 4.78 is 25.9. The molecular formula is C11H16N2O6S. The number of carboxylic acids is 1. The topological polar surface area (TPSA) is 121 Å².